The van der Waals surface area contributed by atoms with Gasteiger partial charge in [-0.3, -0.25) is 4.57 Å². The number of nitrogens with two attached hydrogens (primary N) is 1. The van der Waals surface area contributed by atoms with Crippen LogP contribution in [0.5, 0.6) is 0 Å². The van der Waals surface area contributed by atoms with Crippen LogP contribution in [0.1, 0.15) is 21.5 Å². The molecule has 0 radical (unpaired) electrons. The van der Waals surface area contributed by atoms with Gasteiger partial charge in [-0.05, 0) is 51.4 Å². The number of carbonyl (C=O) groups is 1. The number of carboxylic acids is 1. The number of anilines is 1. The molecule has 0 saturated carbocycles. The lowest BCUT2D eigenvalue weighted by Gasteiger charge is -2.25. The van der Waals surface area contributed by atoms with Crippen molar-refractivity contribution in [3.63, 3.8) is 0 Å². The first-order valence-corrected chi connectivity index (χ1v) is 9.86. The van der Waals surface area contributed by atoms with Gasteiger partial charge in [-0.2, -0.15) is 0 Å². The van der Waals surface area contributed by atoms with Crippen molar-refractivity contribution in [2.75, 3.05) is 5.73 Å². The number of hydrogen-bond donors (Lipinski definition) is 3. The highest BCUT2D eigenvalue weighted by molar-refractivity contribution is 7.73. The van der Waals surface area contributed by atoms with Gasteiger partial charge in [0.2, 0.25) is 0 Å². The molecule has 0 saturated heterocycles. The molecular weight excluding hydrogens is 361 g/mol. The Balaban J connectivity index is 2.26. The van der Waals surface area contributed by atoms with E-state index < -0.39 is 13.3 Å². The summed E-state index contributed by atoms with van der Waals surface area (Å²) in [5.41, 5.74) is 7.93. The molecule has 0 amide bonds. The highest BCUT2D eigenvalue weighted by atomic mass is 31.2. The van der Waals surface area contributed by atoms with Gasteiger partial charge in [0.05, 0.1) is 10.9 Å². The van der Waals surface area contributed by atoms with E-state index in [1.54, 1.807) is 48.5 Å². The summed E-state index contributed by atoms with van der Waals surface area (Å²) < 4.78 is 13.3. The van der Waals surface area contributed by atoms with Crippen molar-refractivity contribution in [3.8, 4) is 0 Å². The SMILES string of the molecule is C=c1ccc2c(c1)P(=O)(O)c1cc(N)ccc1C=2c1ccccc1C(=O)O. The Morgan fingerprint density at radius 2 is 1.70 bits per heavy atom. The molecule has 0 aromatic heterocycles. The van der Waals surface area contributed by atoms with E-state index in [2.05, 4.69) is 6.58 Å². The summed E-state index contributed by atoms with van der Waals surface area (Å²) in [4.78, 5) is 22.7. The molecule has 27 heavy (non-hydrogen) atoms. The Labute approximate surface area is 155 Å². The van der Waals surface area contributed by atoms with Gasteiger partial charge in [-0.15, -0.1) is 0 Å². The molecule has 1 aliphatic rings. The van der Waals surface area contributed by atoms with E-state index in [1.165, 1.54) is 12.1 Å². The average Bonchev–Trinajstić information content (AvgIpc) is 2.63. The highest BCUT2D eigenvalue weighted by Crippen LogP contribution is 2.43. The maximum absolute atomic E-state index is 13.3. The maximum Gasteiger partial charge on any atom is 0.336 e. The molecule has 1 atom stereocenters. The van der Waals surface area contributed by atoms with Gasteiger partial charge in [-0.1, -0.05) is 43.0 Å². The van der Waals surface area contributed by atoms with E-state index in [4.69, 9.17) is 5.73 Å². The van der Waals surface area contributed by atoms with Crippen LogP contribution in [-0.4, -0.2) is 16.0 Å². The number of benzene rings is 3. The Bertz CT molecular complexity index is 1280. The largest absolute Gasteiger partial charge is 0.478 e. The zero-order valence-electron chi connectivity index (χ0n) is 14.2. The van der Waals surface area contributed by atoms with Crippen molar-refractivity contribution >= 4 is 41.8 Å². The smallest absolute Gasteiger partial charge is 0.336 e. The first kappa shape index (κ1) is 17.3. The monoisotopic (exact) mass is 377 g/mol. The topological polar surface area (TPSA) is 101 Å². The van der Waals surface area contributed by atoms with Crippen LogP contribution >= 0.6 is 7.37 Å². The van der Waals surface area contributed by atoms with Crippen LogP contribution < -0.4 is 26.8 Å². The van der Waals surface area contributed by atoms with Crippen LogP contribution in [0.4, 0.5) is 5.69 Å². The second-order valence-corrected chi connectivity index (χ2v) is 8.55. The maximum atomic E-state index is 13.3. The third-order valence-corrected chi connectivity index (χ3v) is 6.75. The summed E-state index contributed by atoms with van der Waals surface area (Å²) in [6, 6.07) is 16.4. The molecule has 0 fully saturated rings. The predicted molar refractivity (Wildman–Crippen MR) is 106 cm³/mol. The summed E-state index contributed by atoms with van der Waals surface area (Å²) >= 11 is 0. The first-order valence-electron chi connectivity index (χ1n) is 8.20. The number of fused-ring (bicyclic) bond motifs is 2. The van der Waals surface area contributed by atoms with Crippen LogP contribution in [0, 0.1) is 0 Å². The van der Waals surface area contributed by atoms with Gasteiger partial charge in [0.15, 0.2) is 0 Å². The fourth-order valence-electron chi connectivity index (χ4n) is 3.50. The molecule has 0 bridgehead atoms. The standard InChI is InChI=1S/C21H16NO4P/c1-12-6-8-16-18(10-12)27(25,26)19-11-13(22)7-9-17(19)20(16)14-4-2-3-5-15(14)21(23)24/h2-11H,1,22H2,(H,23,24)(H,25,26). The summed E-state index contributed by atoms with van der Waals surface area (Å²) in [6.45, 7) is 3.85. The number of aromatic carboxylic acids is 1. The van der Waals surface area contributed by atoms with Crippen LogP contribution in [-0.2, 0) is 4.57 Å². The number of rotatable bonds is 2. The van der Waals surface area contributed by atoms with E-state index >= 15 is 0 Å². The summed E-state index contributed by atoms with van der Waals surface area (Å²) in [5.74, 6) is -1.07. The van der Waals surface area contributed by atoms with E-state index in [9.17, 15) is 19.4 Å². The number of hydrogen-bond acceptors (Lipinski definition) is 3. The van der Waals surface area contributed by atoms with Crippen molar-refractivity contribution in [1.29, 1.82) is 0 Å². The number of carboxylic acid groups (broad SMARTS) is 1. The van der Waals surface area contributed by atoms with Crippen LogP contribution in [0.15, 0.2) is 60.7 Å². The van der Waals surface area contributed by atoms with Gasteiger partial charge in [0.1, 0.15) is 0 Å². The van der Waals surface area contributed by atoms with Crippen molar-refractivity contribution in [2.24, 2.45) is 0 Å². The Morgan fingerprint density at radius 1 is 0.963 bits per heavy atom. The van der Waals surface area contributed by atoms with Crippen molar-refractivity contribution in [2.45, 2.75) is 0 Å². The second-order valence-electron chi connectivity index (χ2n) is 6.43. The third-order valence-electron chi connectivity index (χ3n) is 4.70. The summed E-state index contributed by atoms with van der Waals surface area (Å²) in [7, 11) is -3.91. The molecule has 6 heteroatoms. The van der Waals surface area contributed by atoms with Crippen molar-refractivity contribution in [3.05, 3.63) is 87.8 Å². The lowest BCUT2D eigenvalue weighted by atomic mass is 9.91. The molecule has 3 aromatic carbocycles. The highest BCUT2D eigenvalue weighted by Gasteiger charge is 2.35. The minimum Gasteiger partial charge on any atom is -0.478 e. The normalized spacial score (nSPS) is 17.9. The van der Waals surface area contributed by atoms with E-state index in [0.717, 1.165) is 0 Å². The third kappa shape index (κ3) is 2.60. The van der Waals surface area contributed by atoms with Gasteiger partial charge in [-0.25, -0.2) is 4.79 Å². The Hall–Kier alpha value is -3.14. The van der Waals surface area contributed by atoms with Crippen molar-refractivity contribution in [1.82, 2.24) is 0 Å². The summed E-state index contributed by atoms with van der Waals surface area (Å²) in [5, 5.41) is 11.2. The van der Waals surface area contributed by atoms with Crippen LogP contribution in [0.2, 0.25) is 0 Å². The molecule has 0 aliphatic carbocycles. The second kappa shape index (κ2) is 5.95. The number of nitrogen functional groups attached to an aromatic ring is 1. The lowest BCUT2D eigenvalue weighted by Crippen LogP contribution is -2.39. The average molecular weight is 377 g/mol. The van der Waals surface area contributed by atoms with Crippen LogP contribution in [0.3, 0.4) is 0 Å². The molecule has 1 heterocycles. The Kier molecular flexibility index (Phi) is 3.81. The molecule has 0 spiro atoms. The van der Waals surface area contributed by atoms with E-state index in [1.807, 2.05) is 0 Å². The molecule has 134 valence electrons. The van der Waals surface area contributed by atoms with Gasteiger partial charge in [0, 0.05) is 11.0 Å². The fraction of sp³-hybridized carbons (Fsp3) is 0. The molecule has 1 unspecified atom stereocenters. The lowest BCUT2D eigenvalue weighted by molar-refractivity contribution is 0.0696. The predicted octanol–water partition coefficient (Wildman–Crippen LogP) is 1.16. The first-order chi connectivity index (χ1) is 12.8. The molecule has 1 aliphatic heterocycles. The van der Waals surface area contributed by atoms with Crippen molar-refractivity contribution < 1.29 is 19.4 Å². The van der Waals surface area contributed by atoms with E-state index in [0.29, 0.717) is 32.8 Å². The Morgan fingerprint density at radius 3 is 2.44 bits per heavy atom. The minimum absolute atomic E-state index is 0.120. The van der Waals surface area contributed by atoms with Gasteiger partial charge >= 0.3 is 5.97 Å². The zero-order chi connectivity index (χ0) is 19.3. The fourth-order valence-corrected chi connectivity index (χ4v) is 5.45. The quantitative estimate of drug-likeness (QED) is 0.460. The molecular formula is C21H16NO4P. The molecule has 4 N–H and O–H groups in total. The van der Waals surface area contributed by atoms with Gasteiger partial charge in [0.25, 0.3) is 7.37 Å². The summed E-state index contributed by atoms with van der Waals surface area (Å²) in [6.07, 6.45) is 0. The molecule has 4 rings (SSSR count). The molecule has 3 aromatic rings. The van der Waals surface area contributed by atoms with Crippen LogP contribution in [0.25, 0.3) is 12.2 Å². The zero-order valence-corrected chi connectivity index (χ0v) is 15.1. The van der Waals surface area contributed by atoms with Gasteiger partial charge < -0.3 is 15.7 Å². The molecule has 5 nitrogen and oxygen atoms in total. The minimum atomic E-state index is -3.91. The van der Waals surface area contributed by atoms with E-state index in [-0.39, 0.29) is 16.2 Å².